The predicted octanol–water partition coefficient (Wildman–Crippen LogP) is 4.02. The molecule has 154 valence electrons. The molecule has 0 spiro atoms. The summed E-state index contributed by atoms with van der Waals surface area (Å²) in [6.45, 7) is 4.01. The third-order valence-corrected chi connectivity index (χ3v) is 6.33. The Morgan fingerprint density at radius 1 is 1.17 bits per heavy atom. The van der Waals surface area contributed by atoms with Gasteiger partial charge in [0.2, 0.25) is 10.0 Å². The number of nitrogens with zero attached hydrogens (tertiary/aromatic N) is 3. The zero-order chi connectivity index (χ0) is 21.2. The fourth-order valence-corrected chi connectivity index (χ4v) is 4.26. The zero-order valence-electron chi connectivity index (χ0n) is 15.6. The molecule has 29 heavy (non-hydrogen) atoms. The molecule has 0 amide bonds. The summed E-state index contributed by atoms with van der Waals surface area (Å²) in [6, 6.07) is 10.5. The maximum Gasteiger partial charge on any atom is 0.322 e. The molecule has 0 saturated heterocycles. The third-order valence-electron chi connectivity index (χ3n) is 4.05. The first-order valence-corrected chi connectivity index (χ1v) is 10.9. The van der Waals surface area contributed by atoms with Crippen LogP contribution in [0, 0.1) is 0 Å². The van der Waals surface area contributed by atoms with E-state index in [1.165, 1.54) is 18.2 Å². The Morgan fingerprint density at radius 2 is 1.93 bits per heavy atom. The van der Waals surface area contributed by atoms with E-state index in [0.717, 1.165) is 0 Å². The van der Waals surface area contributed by atoms with Crippen molar-refractivity contribution in [1.82, 2.24) is 19.5 Å². The molecule has 1 aromatic heterocycles. The molecule has 1 unspecified atom stereocenters. The van der Waals surface area contributed by atoms with Gasteiger partial charge in [0.15, 0.2) is 5.82 Å². The van der Waals surface area contributed by atoms with E-state index < -0.39 is 16.1 Å². The van der Waals surface area contributed by atoms with Crippen molar-refractivity contribution < 1.29 is 13.2 Å². The summed E-state index contributed by atoms with van der Waals surface area (Å²) >= 11 is 11.8. The first-order chi connectivity index (χ1) is 13.7. The minimum Gasteiger partial charge on any atom is -0.424 e. The SMILES string of the molecule is CCn1c(Oc2cccc(N)c2)nnc1C(C)NS(=O)(=O)c1ccc(Cl)c(Cl)c1. The molecule has 3 aromatic rings. The van der Waals surface area contributed by atoms with E-state index in [-0.39, 0.29) is 21.0 Å². The van der Waals surface area contributed by atoms with Crippen LogP contribution in [0.2, 0.25) is 10.0 Å². The van der Waals surface area contributed by atoms with Crippen molar-refractivity contribution in [1.29, 1.82) is 0 Å². The third kappa shape index (κ3) is 4.81. The lowest BCUT2D eigenvalue weighted by atomic mass is 10.3. The molecule has 0 saturated carbocycles. The monoisotopic (exact) mass is 455 g/mol. The van der Waals surface area contributed by atoms with Gasteiger partial charge in [-0.05, 0) is 44.2 Å². The molecule has 0 aliphatic carbocycles. The summed E-state index contributed by atoms with van der Waals surface area (Å²) in [5.74, 6) is 0.901. The number of nitrogens with one attached hydrogen (secondary N) is 1. The molecule has 11 heteroatoms. The van der Waals surface area contributed by atoms with Crippen LogP contribution in [0.25, 0.3) is 0 Å². The minimum atomic E-state index is -3.86. The Labute approximate surface area is 178 Å². The molecule has 3 rings (SSSR count). The number of nitrogens with two attached hydrogens (primary N) is 1. The molecule has 0 aliphatic rings. The molecule has 0 radical (unpaired) electrons. The lowest BCUT2D eigenvalue weighted by molar-refractivity contribution is 0.408. The average molecular weight is 456 g/mol. The number of anilines is 1. The Bertz CT molecular complexity index is 1130. The van der Waals surface area contributed by atoms with Gasteiger partial charge in [0, 0.05) is 18.3 Å². The van der Waals surface area contributed by atoms with Crippen molar-refractivity contribution in [3.05, 3.63) is 58.3 Å². The fourth-order valence-electron chi connectivity index (χ4n) is 2.67. The highest BCUT2D eigenvalue weighted by Crippen LogP contribution is 2.27. The number of ether oxygens (including phenoxy) is 1. The Balaban J connectivity index is 1.84. The van der Waals surface area contributed by atoms with Crippen LogP contribution in [0.4, 0.5) is 5.69 Å². The fraction of sp³-hybridized carbons (Fsp3) is 0.222. The van der Waals surface area contributed by atoms with Crippen molar-refractivity contribution in [3.63, 3.8) is 0 Å². The van der Waals surface area contributed by atoms with Crippen LogP contribution in [0.3, 0.4) is 0 Å². The smallest absolute Gasteiger partial charge is 0.322 e. The van der Waals surface area contributed by atoms with Gasteiger partial charge in [0.1, 0.15) is 5.75 Å². The zero-order valence-corrected chi connectivity index (χ0v) is 18.0. The van der Waals surface area contributed by atoms with Gasteiger partial charge < -0.3 is 10.5 Å². The molecule has 0 fully saturated rings. The number of aromatic nitrogens is 3. The maximum atomic E-state index is 12.7. The quantitative estimate of drug-likeness (QED) is 0.520. The molecule has 3 N–H and O–H groups in total. The lowest BCUT2D eigenvalue weighted by Gasteiger charge is -2.15. The number of nitrogen functional groups attached to an aromatic ring is 1. The molecule has 1 atom stereocenters. The van der Waals surface area contributed by atoms with E-state index in [2.05, 4.69) is 14.9 Å². The highest BCUT2D eigenvalue weighted by atomic mass is 35.5. The second-order valence-corrected chi connectivity index (χ2v) is 8.71. The van der Waals surface area contributed by atoms with Crippen LogP contribution < -0.4 is 15.2 Å². The Morgan fingerprint density at radius 3 is 2.59 bits per heavy atom. The molecule has 0 aliphatic heterocycles. The summed E-state index contributed by atoms with van der Waals surface area (Å²) < 4.78 is 35.4. The minimum absolute atomic E-state index is 0.00227. The van der Waals surface area contributed by atoms with Gasteiger partial charge in [-0.3, -0.25) is 4.57 Å². The number of benzene rings is 2. The topological polar surface area (TPSA) is 112 Å². The summed E-state index contributed by atoms with van der Waals surface area (Å²) in [5.41, 5.74) is 6.31. The van der Waals surface area contributed by atoms with Crippen molar-refractivity contribution in [2.24, 2.45) is 0 Å². The summed E-state index contributed by atoms with van der Waals surface area (Å²) in [4.78, 5) is -0.00227. The van der Waals surface area contributed by atoms with Gasteiger partial charge in [-0.25, -0.2) is 13.1 Å². The number of hydrogen-bond acceptors (Lipinski definition) is 6. The first kappa shape index (κ1) is 21.4. The average Bonchev–Trinajstić information content (AvgIpc) is 3.06. The molecular formula is C18H19Cl2N5O3S. The predicted molar refractivity (Wildman–Crippen MR) is 112 cm³/mol. The lowest BCUT2D eigenvalue weighted by Crippen LogP contribution is -2.29. The first-order valence-electron chi connectivity index (χ1n) is 8.65. The van der Waals surface area contributed by atoms with Gasteiger partial charge in [0.05, 0.1) is 21.0 Å². The van der Waals surface area contributed by atoms with Crippen LogP contribution >= 0.6 is 23.2 Å². The normalized spacial score (nSPS) is 12.7. The van der Waals surface area contributed by atoms with Crippen molar-refractivity contribution in [3.8, 4) is 11.8 Å². The van der Waals surface area contributed by atoms with E-state index >= 15 is 0 Å². The van der Waals surface area contributed by atoms with Crippen LogP contribution in [-0.4, -0.2) is 23.2 Å². The number of sulfonamides is 1. The van der Waals surface area contributed by atoms with E-state index in [1.807, 2.05) is 6.92 Å². The van der Waals surface area contributed by atoms with Crippen molar-refractivity contribution in [2.45, 2.75) is 31.3 Å². The van der Waals surface area contributed by atoms with Crippen LogP contribution in [0.15, 0.2) is 47.4 Å². The van der Waals surface area contributed by atoms with E-state index in [1.54, 1.807) is 35.8 Å². The summed E-state index contributed by atoms with van der Waals surface area (Å²) in [7, 11) is -3.86. The maximum absolute atomic E-state index is 12.7. The van der Waals surface area contributed by atoms with Crippen molar-refractivity contribution in [2.75, 3.05) is 5.73 Å². The van der Waals surface area contributed by atoms with Crippen molar-refractivity contribution >= 4 is 38.9 Å². The van der Waals surface area contributed by atoms with E-state index in [0.29, 0.717) is 23.8 Å². The number of hydrogen-bond donors (Lipinski definition) is 2. The summed E-state index contributed by atoms with van der Waals surface area (Å²) in [5, 5.41) is 8.56. The van der Waals surface area contributed by atoms with E-state index in [4.69, 9.17) is 33.7 Å². The van der Waals surface area contributed by atoms with Gasteiger partial charge >= 0.3 is 6.01 Å². The second kappa shape index (κ2) is 8.58. The number of halogens is 2. The van der Waals surface area contributed by atoms with Gasteiger partial charge in [-0.1, -0.05) is 34.4 Å². The van der Waals surface area contributed by atoms with Gasteiger partial charge in [-0.15, -0.1) is 5.10 Å². The molecule has 1 heterocycles. The highest BCUT2D eigenvalue weighted by Gasteiger charge is 2.24. The molecule has 2 aromatic carbocycles. The second-order valence-electron chi connectivity index (χ2n) is 6.18. The largest absolute Gasteiger partial charge is 0.424 e. The number of rotatable bonds is 7. The summed E-state index contributed by atoms with van der Waals surface area (Å²) in [6.07, 6.45) is 0. The van der Waals surface area contributed by atoms with Crippen LogP contribution in [-0.2, 0) is 16.6 Å². The van der Waals surface area contributed by atoms with Crippen LogP contribution in [0.1, 0.15) is 25.7 Å². The van der Waals surface area contributed by atoms with Crippen LogP contribution in [0.5, 0.6) is 11.8 Å². The highest BCUT2D eigenvalue weighted by molar-refractivity contribution is 7.89. The molecule has 0 bridgehead atoms. The van der Waals surface area contributed by atoms with Gasteiger partial charge in [-0.2, -0.15) is 0 Å². The molecular weight excluding hydrogens is 437 g/mol. The standard InChI is InChI=1S/C18H19Cl2N5O3S/c1-3-25-17(22-23-18(25)28-13-6-4-5-12(21)9-13)11(2)24-29(26,27)14-7-8-15(19)16(20)10-14/h4-11,24H,3,21H2,1-2H3. The Hall–Kier alpha value is -2.33. The van der Waals surface area contributed by atoms with E-state index in [9.17, 15) is 8.42 Å². The molecule has 8 nitrogen and oxygen atoms in total. The van der Waals surface area contributed by atoms with Gasteiger partial charge in [0.25, 0.3) is 0 Å². The Kier molecular flexibility index (Phi) is 6.33.